The maximum atomic E-state index is 13.4. The Hall–Kier alpha value is -2.75. The van der Waals surface area contributed by atoms with Crippen LogP contribution in [0.4, 0.5) is 4.39 Å². The van der Waals surface area contributed by atoms with Crippen LogP contribution in [-0.4, -0.2) is 53.5 Å². The Morgan fingerprint density at radius 1 is 1.15 bits per heavy atom. The molecule has 142 valence electrons. The lowest BCUT2D eigenvalue weighted by Gasteiger charge is -2.22. The highest BCUT2D eigenvalue weighted by Gasteiger charge is 2.39. The van der Waals surface area contributed by atoms with E-state index in [1.54, 1.807) is 15.9 Å². The van der Waals surface area contributed by atoms with Gasteiger partial charge in [-0.05, 0) is 24.6 Å². The molecule has 0 atom stereocenters. The molecule has 0 radical (unpaired) electrons. The number of benzene rings is 1. The van der Waals surface area contributed by atoms with Gasteiger partial charge in [-0.1, -0.05) is 6.07 Å². The van der Waals surface area contributed by atoms with Gasteiger partial charge in [0.1, 0.15) is 5.82 Å². The quantitative estimate of drug-likeness (QED) is 0.723. The lowest BCUT2D eigenvalue weighted by Crippen LogP contribution is -2.37. The van der Waals surface area contributed by atoms with Gasteiger partial charge in [-0.2, -0.15) is 10.2 Å². The van der Waals surface area contributed by atoms with Gasteiger partial charge >= 0.3 is 0 Å². The van der Waals surface area contributed by atoms with Crippen molar-refractivity contribution in [3.63, 3.8) is 0 Å². The Bertz CT molecular complexity index is 780. The van der Waals surface area contributed by atoms with Crippen LogP contribution in [0.15, 0.2) is 34.5 Å². The van der Waals surface area contributed by atoms with Crippen LogP contribution >= 0.6 is 0 Å². The Morgan fingerprint density at radius 3 is 2.59 bits per heavy atom. The zero-order chi connectivity index (χ0) is 19.3. The molecule has 2 aliphatic heterocycles. The maximum Gasteiger partial charge on any atom is 0.254 e. The number of amides is 2. The molecule has 0 spiro atoms. The topological polar surface area (TPSA) is 65.3 Å². The Balaban J connectivity index is 1.50. The first-order valence-corrected chi connectivity index (χ1v) is 9.23. The summed E-state index contributed by atoms with van der Waals surface area (Å²) in [5.74, 6) is 2.00. The molecule has 1 fully saturated rings. The number of rotatable bonds is 6. The molecule has 6 nitrogen and oxygen atoms in total. The summed E-state index contributed by atoms with van der Waals surface area (Å²) in [6, 6.07) is 5.70. The van der Waals surface area contributed by atoms with Crippen molar-refractivity contribution in [3.05, 3.63) is 35.6 Å². The third-order valence-corrected chi connectivity index (χ3v) is 5.00. The summed E-state index contributed by atoms with van der Waals surface area (Å²) in [6.45, 7) is 2.08. The summed E-state index contributed by atoms with van der Waals surface area (Å²) in [4.78, 5) is 28.6. The number of carbonyl (C=O) groups is 2. The van der Waals surface area contributed by atoms with Crippen molar-refractivity contribution in [2.24, 2.45) is 10.2 Å². The van der Waals surface area contributed by atoms with Crippen molar-refractivity contribution in [1.82, 2.24) is 9.80 Å². The van der Waals surface area contributed by atoms with Gasteiger partial charge in [0.15, 0.2) is 5.66 Å². The Morgan fingerprint density at radius 2 is 1.89 bits per heavy atom. The van der Waals surface area contributed by atoms with E-state index in [0.717, 1.165) is 0 Å². The van der Waals surface area contributed by atoms with Crippen molar-refractivity contribution in [1.29, 1.82) is 0 Å². The van der Waals surface area contributed by atoms with Gasteiger partial charge in [0, 0.05) is 57.4 Å². The normalized spacial score (nSPS) is 17.9. The monoisotopic (exact) mass is 370 g/mol. The van der Waals surface area contributed by atoms with Crippen LogP contribution in [-0.2, 0) is 4.79 Å². The van der Waals surface area contributed by atoms with E-state index in [1.807, 2.05) is 0 Å². The fourth-order valence-corrected chi connectivity index (χ4v) is 3.31. The van der Waals surface area contributed by atoms with E-state index >= 15 is 0 Å². The summed E-state index contributed by atoms with van der Waals surface area (Å²) < 4.78 is 13.4. The predicted molar refractivity (Wildman–Crippen MR) is 98.4 cm³/mol. The molecule has 0 aromatic heterocycles. The third-order valence-electron chi connectivity index (χ3n) is 5.00. The van der Waals surface area contributed by atoms with E-state index in [1.165, 1.54) is 18.2 Å². The first kappa shape index (κ1) is 19.0. The smallest absolute Gasteiger partial charge is 0.254 e. The van der Waals surface area contributed by atoms with E-state index in [2.05, 4.69) is 16.1 Å². The first-order valence-electron chi connectivity index (χ1n) is 9.23. The zero-order valence-corrected chi connectivity index (χ0v) is 15.2. The molecule has 3 rings (SSSR count). The molecule has 0 aliphatic carbocycles. The number of nitrogens with zero attached hydrogens (tertiary/aromatic N) is 4. The fraction of sp³-hybridized carbons (Fsp3) is 0.500. The molecule has 1 aromatic rings. The highest BCUT2D eigenvalue weighted by atomic mass is 19.1. The van der Waals surface area contributed by atoms with Crippen LogP contribution in [0.25, 0.3) is 0 Å². The van der Waals surface area contributed by atoms with Gasteiger partial charge in [0.25, 0.3) is 5.91 Å². The van der Waals surface area contributed by atoms with Gasteiger partial charge in [0.2, 0.25) is 5.91 Å². The average molecular weight is 370 g/mol. The van der Waals surface area contributed by atoms with Crippen LogP contribution in [0.5, 0.6) is 0 Å². The van der Waals surface area contributed by atoms with Crippen LogP contribution in [0.1, 0.15) is 42.5 Å². The van der Waals surface area contributed by atoms with E-state index in [0.29, 0.717) is 63.8 Å². The van der Waals surface area contributed by atoms with Crippen LogP contribution in [0, 0.1) is 18.2 Å². The summed E-state index contributed by atoms with van der Waals surface area (Å²) in [5.41, 5.74) is -0.116. The fourth-order valence-electron chi connectivity index (χ4n) is 3.31. The summed E-state index contributed by atoms with van der Waals surface area (Å²) >= 11 is 0. The lowest BCUT2D eigenvalue weighted by atomic mass is 10.0. The Kier molecular flexibility index (Phi) is 5.84. The van der Waals surface area contributed by atoms with Gasteiger partial charge in [-0.3, -0.25) is 9.59 Å². The van der Waals surface area contributed by atoms with Crippen molar-refractivity contribution in [3.8, 4) is 12.3 Å². The lowest BCUT2D eigenvalue weighted by molar-refractivity contribution is -0.131. The molecule has 0 bridgehead atoms. The second-order valence-corrected chi connectivity index (χ2v) is 6.92. The molecule has 1 saturated heterocycles. The van der Waals surface area contributed by atoms with E-state index in [9.17, 15) is 14.0 Å². The van der Waals surface area contributed by atoms with E-state index in [-0.39, 0.29) is 11.8 Å². The van der Waals surface area contributed by atoms with Crippen LogP contribution in [0.3, 0.4) is 0 Å². The van der Waals surface area contributed by atoms with Crippen molar-refractivity contribution in [2.75, 3.05) is 26.2 Å². The summed E-state index contributed by atoms with van der Waals surface area (Å²) in [5, 5.41) is 8.12. The maximum absolute atomic E-state index is 13.4. The van der Waals surface area contributed by atoms with Crippen LogP contribution < -0.4 is 0 Å². The molecular weight excluding hydrogens is 347 g/mol. The van der Waals surface area contributed by atoms with Crippen LogP contribution in [0.2, 0.25) is 0 Å². The van der Waals surface area contributed by atoms with Crippen molar-refractivity contribution < 1.29 is 14.0 Å². The molecule has 0 saturated carbocycles. The summed E-state index contributed by atoms with van der Waals surface area (Å²) in [6.07, 6.45) is 8.21. The minimum absolute atomic E-state index is 0.0486. The highest BCUT2D eigenvalue weighted by Crippen LogP contribution is 2.37. The SMILES string of the molecule is C#CCCC1(CCC(=O)N2CCCN(C(=O)c3cccc(F)c3)CC2)N=N1. The molecule has 0 unspecified atom stereocenters. The zero-order valence-electron chi connectivity index (χ0n) is 15.2. The first-order chi connectivity index (χ1) is 13.0. The van der Waals surface area contributed by atoms with E-state index < -0.39 is 11.5 Å². The molecule has 27 heavy (non-hydrogen) atoms. The minimum atomic E-state index is -0.451. The third kappa shape index (κ3) is 4.91. The second-order valence-electron chi connectivity index (χ2n) is 6.92. The number of terminal acetylenes is 1. The number of halogens is 1. The molecule has 7 heteroatoms. The highest BCUT2D eigenvalue weighted by molar-refractivity contribution is 5.94. The molecular formula is C20H23FN4O2. The standard InChI is InChI=1S/C20H23FN4O2/c1-2-3-9-20(22-23-20)10-8-18(26)24-11-5-12-25(14-13-24)19(27)16-6-4-7-17(21)15-16/h1,4,6-7,15H,3,5,8-14H2. The molecule has 0 N–H and O–H groups in total. The predicted octanol–water partition coefficient (Wildman–Crippen LogP) is 2.86. The molecule has 2 aliphatic rings. The number of hydrogen-bond acceptors (Lipinski definition) is 4. The number of carbonyl (C=O) groups excluding carboxylic acids is 2. The molecule has 2 amide bonds. The molecule has 1 aromatic carbocycles. The Labute approximate surface area is 158 Å². The van der Waals surface area contributed by atoms with E-state index in [4.69, 9.17) is 6.42 Å². The van der Waals surface area contributed by atoms with Gasteiger partial charge in [-0.15, -0.1) is 12.3 Å². The van der Waals surface area contributed by atoms with Gasteiger partial charge in [-0.25, -0.2) is 4.39 Å². The summed E-state index contributed by atoms with van der Waals surface area (Å²) in [7, 11) is 0. The number of hydrogen-bond donors (Lipinski definition) is 0. The average Bonchev–Trinajstić information content (AvgIpc) is 3.48. The largest absolute Gasteiger partial charge is 0.341 e. The van der Waals surface area contributed by atoms with Crippen molar-refractivity contribution >= 4 is 11.8 Å². The second kappa shape index (κ2) is 8.30. The molecule has 2 heterocycles. The van der Waals surface area contributed by atoms with Gasteiger partial charge < -0.3 is 9.80 Å². The van der Waals surface area contributed by atoms with Crippen molar-refractivity contribution in [2.45, 2.75) is 37.8 Å². The van der Waals surface area contributed by atoms with Gasteiger partial charge in [0.05, 0.1) is 0 Å². The minimum Gasteiger partial charge on any atom is -0.341 e.